The van der Waals surface area contributed by atoms with Crippen LogP contribution in [0.15, 0.2) is 59.8 Å². The van der Waals surface area contributed by atoms with E-state index in [0.29, 0.717) is 24.0 Å². The summed E-state index contributed by atoms with van der Waals surface area (Å²) >= 11 is 0. The van der Waals surface area contributed by atoms with Gasteiger partial charge in [-0.05, 0) is 61.2 Å². The second-order valence-corrected chi connectivity index (χ2v) is 7.54. The highest BCUT2D eigenvalue weighted by atomic mass is 19.1. The number of halogens is 1. The van der Waals surface area contributed by atoms with Crippen molar-refractivity contribution in [2.75, 3.05) is 6.54 Å². The first-order valence-electron chi connectivity index (χ1n) is 9.94. The number of hydrogen-bond acceptors (Lipinski definition) is 4. The summed E-state index contributed by atoms with van der Waals surface area (Å²) < 4.78 is 15.8. The quantitative estimate of drug-likeness (QED) is 0.521. The second kappa shape index (κ2) is 8.51. The predicted octanol–water partition coefficient (Wildman–Crippen LogP) is 2.70. The summed E-state index contributed by atoms with van der Waals surface area (Å²) in [6, 6.07) is 12.1. The Labute approximate surface area is 178 Å². The molecule has 2 aromatic carbocycles. The number of carbonyl (C=O) groups excluding carboxylic acids is 1. The molecule has 4 aromatic rings. The fraction of sp³-hybridized carbons (Fsp3) is 0.217. The molecular weight excluding hydrogens is 397 g/mol. The third kappa shape index (κ3) is 4.53. The van der Waals surface area contributed by atoms with Crippen LogP contribution in [0.4, 0.5) is 4.39 Å². The van der Waals surface area contributed by atoms with Crippen LogP contribution in [0.1, 0.15) is 16.7 Å². The van der Waals surface area contributed by atoms with Gasteiger partial charge in [0, 0.05) is 6.54 Å². The van der Waals surface area contributed by atoms with Crippen molar-refractivity contribution in [1.29, 1.82) is 0 Å². The van der Waals surface area contributed by atoms with E-state index >= 15 is 0 Å². The Bertz CT molecular complexity index is 1290. The van der Waals surface area contributed by atoms with Gasteiger partial charge in [-0.3, -0.25) is 14.2 Å². The molecule has 31 heavy (non-hydrogen) atoms. The van der Waals surface area contributed by atoms with Gasteiger partial charge in [-0.2, -0.15) is 5.10 Å². The average Bonchev–Trinajstić information content (AvgIpc) is 3.16. The van der Waals surface area contributed by atoms with E-state index in [2.05, 4.69) is 21.5 Å². The van der Waals surface area contributed by atoms with E-state index in [1.165, 1.54) is 29.2 Å². The highest BCUT2D eigenvalue weighted by molar-refractivity contribution is 5.77. The lowest BCUT2D eigenvalue weighted by molar-refractivity contribution is -0.121. The van der Waals surface area contributed by atoms with Crippen LogP contribution in [0.3, 0.4) is 0 Å². The van der Waals surface area contributed by atoms with Gasteiger partial charge < -0.3 is 5.32 Å². The predicted molar refractivity (Wildman–Crippen MR) is 116 cm³/mol. The van der Waals surface area contributed by atoms with E-state index in [1.54, 1.807) is 16.8 Å². The van der Waals surface area contributed by atoms with E-state index in [-0.39, 0.29) is 23.8 Å². The second-order valence-electron chi connectivity index (χ2n) is 7.54. The number of aromatic nitrogens is 4. The minimum absolute atomic E-state index is 0.139. The fourth-order valence-electron chi connectivity index (χ4n) is 3.53. The van der Waals surface area contributed by atoms with Crippen LogP contribution in [0, 0.1) is 19.7 Å². The molecule has 2 heterocycles. The van der Waals surface area contributed by atoms with E-state index in [1.807, 2.05) is 26.0 Å². The Morgan fingerprint density at radius 1 is 1.10 bits per heavy atom. The van der Waals surface area contributed by atoms with Crippen LogP contribution >= 0.6 is 0 Å². The third-order valence-electron chi connectivity index (χ3n) is 4.97. The number of benzene rings is 2. The highest BCUT2D eigenvalue weighted by Crippen LogP contribution is 2.17. The molecule has 7 nitrogen and oxygen atoms in total. The monoisotopic (exact) mass is 419 g/mol. The molecule has 0 saturated carbocycles. The zero-order valence-electron chi connectivity index (χ0n) is 17.3. The lowest BCUT2D eigenvalue weighted by Crippen LogP contribution is -2.33. The molecule has 0 aliphatic carbocycles. The van der Waals surface area contributed by atoms with Gasteiger partial charge >= 0.3 is 0 Å². The summed E-state index contributed by atoms with van der Waals surface area (Å²) in [4.78, 5) is 29.5. The lowest BCUT2D eigenvalue weighted by Gasteiger charge is -2.08. The largest absolute Gasteiger partial charge is 0.354 e. The van der Waals surface area contributed by atoms with Crippen LogP contribution in [-0.4, -0.2) is 31.8 Å². The van der Waals surface area contributed by atoms with E-state index < -0.39 is 0 Å². The molecular formula is C23H22FN5O2. The number of nitrogens with one attached hydrogen (secondary N) is 1. The van der Waals surface area contributed by atoms with Gasteiger partial charge in [0.25, 0.3) is 5.56 Å². The molecule has 0 spiro atoms. The normalized spacial score (nSPS) is 11.1. The van der Waals surface area contributed by atoms with Crippen LogP contribution in [0.25, 0.3) is 16.7 Å². The topological polar surface area (TPSA) is 81.8 Å². The van der Waals surface area contributed by atoms with Crippen molar-refractivity contribution in [3.8, 4) is 5.69 Å². The lowest BCUT2D eigenvalue weighted by atomic mass is 10.1. The van der Waals surface area contributed by atoms with Crippen LogP contribution in [0.5, 0.6) is 0 Å². The van der Waals surface area contributed by atoms with Crippen molar-refractivity contribution in [3.05, 3.63) is 87.9 Å². The van der Waals surface area contributed by atoms with Crippen molar-refractivity contribution in [1.82, 2.24) is 24.6 Å². The van der Waals surface area contributed by atoms with Gasteiger partial charge in [-0.25, -0.2) is 14.1 Å². The van der Waals surface area contributed by atoms with E-state index in [4.69, 9.17) is 0 Å². The van der Waals surface area contributed by atoms with E-state index in [0.717, 1.165) is 22.4 Å². The van der Waals surface area contributed by atoms with Gasteiger partial charge in [0.15, 0.2) is 5.65 Å². The van der Waals surface area contributed by atoms with Crippen molar-refractivity contribution >= 4 is 16.9 Å². The first-order chi connectivity index (χ1) is 14.9. The highest BCUT2D eigenvalue weighted by Gasteiger charge is 2.13. The maximum absolute atomic E-state index is 12.9. The number of nitrogens with zero attached hydrogens (tertiary/aromatic N) is 4. The fourth-order valence-corrected chi connectivity index (χ4v) is 3.53. The first kappa shape index (κ1) is 20.5. The summed E-state index contributed by atoms with van der Waals surface area (Å²) in [6.07, 6.45) is 3.41. The Morgan fingerprint density at radius 3 is 2.52 bits per heavy atom. The SMILES string of the molecule is Cc1cc(C)cc(-n2ncc3c(=O)n(CC(=O)NCCc4ccc(F)cc4)cnc32)c1. The molecule has 0 unspecified atom stereocenters. The Kier molecular flexibility index (Phi) is 5.62. The zero-order chi connectivity index (χ0) is 22.0. The first-order valence-corrected chi connectivity index (χ1v) is 9.94. The minimum Gasteiger partial charge on any atom is -0.354 e. The maximum Gasteiger partial charge on any atom is 0.264 e. The maximum atomic E-state index is 12.9. The molecule has 0 fully saturated rings. The van der Waals surface area contributed by atoms with Crippen molar-refractivity contribution < 1.29 is 9.18 Å². The smallest absolute Gasteiger partial charge is 0.264 e. The van der Waals surface area contributed by atoms with Gasteiger partial charge in [0.1, 0.15) is 24.1 Å². The standard InChI is InChI=1S/C23H22FN5O2/c1-15-9-16(2)11-19(10-15)29-22-20(12-27-29)23(31)28(14-26-22)13-21(30)25-8-7-17-3-5-18(24)6-4-17/h3-6,9-12,14H,7-8,13H2,1-2H3,(H,25,30). The number of carbonyl (C=O) groups is 1. The molecule has 8 heteroatoms. The molecule has 0 bridgehead atoms. The molecule has 1 N–H and O–H groups in total. The molecule has 2 aromatic heterocycles. The van der Waals surface area contributed by atoms with Crippen molar-refractivity contribution in [2.24, 2.45) is 0 Å². The molecule has 1 amide bonds. The summed E-state index contributed by atoms with van der Waals surface area (Å²) in [5, 5.41) is 7.45. The van der Waals surface area contributed by atoms with Crippen LogP contribution in [-0.2, 0) is 17.8 Å². The number of aryl methyl sites for hydroxylation is 2. The summed E-state index contributed by atoms with van der Waals surface area (Å²) in [5.41, 5.74) is 4.04. The van der Waals surface area contributed by atoms with Crippen LogP contribution in [0.2, 0.25) is 0 Å². The molecule has 0 saturated heterocycles. The molecule has 158 valence electrons. The Morgan fingerprint density at radius 2 is 1.81 bits per heavy atom. The number of amides is 1. The number of hydrogen-bond donors (Lipinski definition) is 1. The molecule has 4 rings (SSSR count). The van der Waals surface area contributed by atoms with E-state index in [9.17, 15) is 14.0 Å². The van der Waals surface area contributed by atoms with Crippen LogP contribution < -0.4 is 10.9 Å². The Balaban J connectivity index is 1.47. The van der Waals surface area contributed by atoms with Gasteiger partial charge in [0.05, 0.1) is 11.9 Å². The number of rotatable bonds is 6. The Hall–Kier alpha value is -3.81. The molecule has 0 aliphatic rings. The number of fused-ring (bicyclic) bond motifs is 1. The van der Waals surface area contributed by atoms with Crippen molar-refractivity contribution in [2.45, 2.75) is 26.8 Å². The summed E-state index contributed by atoms with van der Waals surface area (Å²) in [7, 11) is 0. The average molecular weight is 419 g/mol. The molecule has 0 aliphatic heterocycles. The van der Waals surface area contributed by atoms with Gasteiger partial charge in [-0.15, -0.1) is 0 Å². The zero-order valence-corrected chi connectivity index (χ0v) is 17.3. The summed E-state index contributed by atoms with van der Waals surface area (Å²) in [5.74, 6) is -0.594. The van der Waals surface area contributed by atoms with Crippen molar-refractivity contribution in [3.63, 3.8) is 0 Å². The summed E-state index contributed by atoms with van der Waals surface area (Å²) in [6.45, 7) is 4.24. The van der Waals surface area contributed by atoms with Gasteiger partial charge in [0.2, 0.25) is 5.91 Å². The van der Waals surface area contributed by atoms with Gasteiger partial charge in [-0.1, -0.05) is 18.2 Å². The molecule has 0 radical (unpaired) electrons. The third-order valence-corrected chi connectivity index (χ3v) is 4.97. The minimum atomic E-state index is -0.325. The molecule has 0 atom stereocenters.